The molecule has 0 radical (unpaired) electrons. The molecule has 1 fully saturated rings. The first-order valence-corrected chi connectivity index (χ1v) is 5.52. The number of rotatable bonds is 3. The molecule has 1 aliphatic rings. The molecule has 1 amide bonds. The average molecular weight is 204 g/mol. The highest BCUT2D eigenvalue weighted by Crippen LogP contribution is 2.32. The predicted octanol–water partition coefficient (Wildman–Crippen LogP) is 2.16. The van der Waals surface area contributed by atoms with Gasteiger partial charge in [-0.15, -0.1) is 0 Å². The molecule has 1 atom stereocenters. The van der Waals surface area contributed by atoms with Crippen LogP contribution in [0.3, 0.4) is 0 Å². The number of aromatic nitrogens is 1. The molecule has 0 aromatic carbocycles. The average Bonchev–Trinajstić information content (AvgIpc) is 2.63. The molecule has 15 heavy (non-hydrogen) atoms. The fourth-order valence-electron chi connectivity index (χ4n) is 2.17. The first kappa shape index (κ1) is 10.1. The van der Waals surface area contributed by atoms with Crippen molar-refractivity contribution in [2.45, 2.75) is 32.2 Å². The van der Waals surface area contributed by atoms with Crippen molar-refractivity contribution in [3.63, 3.8) is 0 Å². The summed E-state index contributed by atoms with van der Waals surface area (Å²) in [4.78, 5) is 17.7. The summed E-state index contributed by atoms with van der Waals surface area (Å²) in [5, 5.41) is 0. The third-order valence-corrected chi connectivity index (χ3v) is 2.86. The Morgan fingerprint density at radius 3 is 3.13 bits per heavy atom. The predicted molar refractivity (Wildman–Crippen MR) is 58.2 cm³/mol. The van der Waals surface area contributed by atoms with Crippen molar-refractivity contribution in [2.75, 3.05) is 6.54 Å². The molecule has 1 aliphatic heterocycles. The SMILES string of the molecule is CCCN1C(=O)CCC1c1cccnc1. The summed E-state index contributed by atoms with van der Waals surface area (Å²) < 4.78 is 0. The summed E-state index contributed by atoms with van der Waals surface area (Å²) in [6.45, 7) is 2.96. The number of pyridine rings is 1. The Labute approximate surface area is 90.1 Å². The Hall–Kier alpha value is -1.38. The molecule has 2 heterocycles. The lowest BCUT2D eigenvalue weighted by Gasteiger charge is -2.24. The Kier molecular flexibility index (Phi) is 2.99. The molecule has 0 saturated carbocycles. The molecular weight excluding hydrogens is 188 g/mol. The summed E-state index contributed by atoms with van der Waals surface area (Å²) in [6.07, 6.45) is 6.27. The zero-order valence-electron chi connectivity index (χ0n) is 9.02. The van der Waals surface area contributed by atoms with Crippen LogP contribution in [0.25, 0.3) is 0 Å². The second kappa shape index (κ2) is 4.43. The van der Waals surface area contributed by atoms with Crippen LogP contribution in [-0.4, -0.2) is 22.3 Å². The fraction of sp³-hybridized carbons (Fsp3) is 0.500. The minimum Gasteiger partial charge on any atom is -0.336 e. The smallest absolute Gasteiger partial charge is 0.223 e. The highest BCUT2D eigenvalue weighted by molar-refractivity contribution is 5.79. The van der Waals surface area contributed by atoms with Crippen molar-refractivity contribution in [3.8, 4) is 0 Å². The quantitative estimate of drug-likeness (QED) is 0.756. The number of nitrogens with zero attached hydrogens (tertiary/aromatic N) is 2. The third kappa shape index (κ3) is 2.01. The molecule has 1 aromatic rings. The molecule has 80 valence electrons. The Morgan fingerprint density at radius 2 is 2.47 bits per heavy atom. The normalized spacial score (nSPS) is 21.0. The zero-order valence-corrected chi connectivity index (χ0v) is 9.02. The minimum atomic E-state index is 0.256. The van der Waals surface area contributed by atoms with Gasteiger partial charge >= 0.3 is 0 Å². The van der Waals surface area contributed by atoms with Gasteiger partial charge in [-0.1, -0.05) is 13.0 Å². The molecule has 0 N–H and O–H groups in total. The molecule has 3 heteroatoms. The maximum Gasteiger partial charge on any atom is 0.223 e. The van der Waals surface area contributed by atoms with Gasteiger partial charge in [-0.25, -0.2) is 0 Å². The van der Waals surface area contributed by atoms with Crippen LogP contribution >= 0.6 is 0 Å². The van der Waals surface area contributed by atoms with E-state index in [1.807, 2.05) is 17.2 Å². The standard InChI is InChI=1S/C12H16N2O/c1-2-8-14-11(5-6-12(14)15)10-4-3-7-13-9-10/h3-4,7,9,11H,2,5-6,8H2,1H3. The topological polar surface area (TPSA) is 33.2 Å². The summed E-state index contributed by atoms with van der Waals surface area (Å²) in [5.41, 5.74) is 1.16. The van der Waals surface area contributed by atoms with Gasteiger partial charge in [-0.05, 0) is 24.5 Å². The fourth-order valence-corrected chi connectivity index (χ4v) is 2.17. The van der Waals surface area contributed by atoms with Crippen molar-refractivity contribution >= 4 is 5.91 Å². The van der Waals surface area contributed by atoms with Gasteiger partial charge in [-0.3, -0.25) is 9.78 Å². The van der Waals surface area contributed by atoms with Gasteiger partial charge in [0.2, 0.25) is 5.91 Å². The molecule has 0 aliphatic carbocycles. The van der Waals surface area contributed by atoms with E-state index in [0.717, 1.165) is 24.9 Å². The van der Waals surface area contributed by atoms with Crippen LogP contribution in [0.5, 0.6) is 0 Å². The van der Waals surface area contributed by atoms with E-state index in [9.17, 15) is 4.79 Å². The van der Waals surface area contributed by atoms with E-state index in [0.29, 0.717) is 6.42 Å². The second-order valence-electron chi connectivity index (χ2n) is 3.93. The van der Waals surface area contributed by atoms with E-state index in [2.05, 4.69) is 18.0 Å². The number of likely N-dealkylation sites (tertiary alicyclic amines) is 1. The molecular formula is C12H16N2O. The zero-order chi connectivity index (χ0) is 10.7. The first-order valence-electron chi connectivity index (χ1n) is 5.52. The Bertz CT molecular complexity index is 337. The van der Waals surface area contributed by atoms with Crippen molar-refractivity contribution in [1.82, 2.24) is 9.88 Å². The van der Waals surface area contributed by atoms with Gasteiger partial charge in [0.25, 0.3) is 0 Å². The second-order valence-corrected chi connectivity index (χ2v) is 3.93. The van der Waals surface area contributed by atoms with Crippen LogP contribution in [0.4, 0.5) is 0 Å². The molecule has 0 spiro atoms. The lowest BCUT2D eigenvalue weighted by atomic mass is 10.1. The molecule has 3 nitrogen and oxygen atoms in total. The Balaban J connectivity index is 2.18. The number of amides is 1. The van der Waals surface area contributed by atoms with E-state index in [-0.39, 0.29) is 11.9 Å². The summed E-state index contributed by atoms with van der Waals surface area (Å²) in [6, 6.07) is 4.24. The van der Waals surface area contributed by atoms with Crippen molar-refractivity contribution in [1.29, 1.82) is 0 Å². The van der Waals surface area contributed by atoms with E-state index in [1.165, 1.54) is 0 Å². The van der Waals surface area contributed by atoms with Crippen LogP contribution in [0.1, 0.15) is 37.8 Å². The van der Waals surface area contributed by atoms with E-state index < -0.39 is 0 Å². The van der Waals surface area contributed by atoms with Gasteiger partial charge in [0.15, 0.2) is 0 Å². The number of carbonyl (C=O) groups is 1. The van der Waals surface area contributed by atoms with Gasteiger partial charge in [-0.2, -0.15) is 0 Å². The summed E-state index contributed by atoms with van der Waals surface area (Å²) in [7, 11) is 0. The third-order valence-electron chi connectivity index (χ3n) is 2.86. The largest absolute Gasteiger partial charge is 0.336 e. The first-order chi connectivity index (χ1) is 7.33. The van der Waals surface area contributed by atoms with Gasteiger partial charge in [0.05, 0.1) is 6.04 Å². The van der Waals surface area contributed by atoms with Crippen molar-refractivity contribution in [3.05, 3.63) is 30.1 Å². The van der Waals surface area contributed by atoms with Gasteiger partial charge in [0.1, 0.15) is 0 Å². The van der Waals surface area contributed by atoms with Crippen LogP contribution in [0, 0.1) is 0 Å². The minimum absolute atomic E-state index is 0.256. The highest BCUT2D eigenvalue weighted by Gasteiger charge is 2.31. The van der Waals surface area contributed by atoms with Crippen LogP contribution < -0.4 is 0 Å². The lowest BCUT2D eigenvalue weighted by molar-refractivity contribution is -0.129. The van der Waals surface area contributed by atoms with E-state index in [4.69, 9.17) is 0 Å². The van der Waals surface area contributed by atoms with E-state index in [1.54, 1.807) is 6.20 Å². The van der Waals surface area contributed by atoms with Crippen LogP contribution in [0.2, 0.25) is 0 Å². The van der Waals surface area contributed by atoms with Gasteiger partial charge in [0, 0.05) is 25.4 Å². The highest BCUT2D eigenvalue weighted by atomic mass is 16.2. The molecule has 0 bridgehead atoms. The molecule has 2 rings (SSSR count). The van der Waals surface area contributed by atoms with Gasteiger partial charge < -0.3 is 4.90 Å². The number of hydrogen-bond acceptors (Lipinski definition) is 2. The number of carbonyl (C=O) groups excluding carboxylic acids is 1. The maximum atomic E-state index is 11.7. The lowest BCUT2D eigenvalue weighted by Crippen LogP contribution is -2.28. The number of hydrogen-bond donors (Lipinski definition) is 0. The van der Waals surface area contributed by atoms with Crippen LogP contribution in [-0.2, 0) is 4.79 Å². The summed E-state index contributed by atoms with van der Waals surface area (Å²) in [5.74, 6) is 0.283. The monoisotopic (exact) mass is 204 g/mol. The van der Waals surface area contributed by atoms with Crippen molar-refractivity contribution in [2.24, 2.45) is 0 Å². The molecule has 1 saturated heterocycles. The maximum absolute atomic E-state index is 11.7. The van der Waals surface area contributed by atoms with E-state index >= 15 is 0 Å². The Morgan fingerprint density at radius 1 is 1.60 bits per heavy atom. The molecule has 1 aromatic heterocycles. The van der Waals surface area contributed by atoms with Crippen molar-refractivity contribution < 1.29 is 4.79 Å². The van der Waals surface area contributed by atoms with Crippen LogP contribution in [0.15, 0.2) is 24.5 Å². The molecule has 1 unspecified atom stereocenters. The summed E-state index contributed by atoms with van der Waals surface area (Å²) >= 11 is 0.